The zero-order valence-corrected chi connectivity index (χ0v) is 18.3. The monoisotopic (exact) mass is 455 g/mol. The van der Waals surface area contributed by atoms with Crippen molar-refractivity contribution < 1.29 is 4.39 Å². The molecule has 0 radical (unpaired) electrons. The number of hydrogen-bond acceptors (Lipinski definition) is 6. The SMILES string of the molecule is Cc1cn2cc(-c3nc(=O)n4cc(N5CC6CCCC(C5)N6)ccc4n3)cc(F)c2n1.Cl. The summed E-state index contributed by atoms with van der Waals surface area (Å²) in [5, 5.41) is 3.67. The molecular formula is C22H23ClFN7O. The molecule has 166 valence electrons. The van der Waals surface area contributed by atoms with Gasteiger partial charge in [-0.15, -0.1) is 12.4 Å². The summed E-state index contributed by atoms with van der Waals surface area (Å²) in [5.74, 6) is -0.282. The molecule has 6 heterocycles. The van der Waals surface area contributed by atoms with Crippen molar-refractivity contribution in [3.63, 3.8) is 0 Å². The van der Waals surface area contributed by atoms with Crippen molar-refractivity contribution in [1.82, 2.24) is 29.1 Å². The first-order valence-corrected chi connectivity index (χ1v) is 10.6. The second kappa shape index (κ2) is 7.83. The predicted molar refractivity (Wildman–Crippen MR) is 122 cm³/mol. The molecule has 2 saturated heterocycles. The van der Waals surface area contributed by atoms with E-state index >= 15 is 0 Å². The molecule has 0 aromatic carbocycles. The summed E-state index contributed by atoms with van der Waals surface area (Å²) in [6.45, 7) is 3.66. The van der Waals surface area contributed by atoms with E-state index in [1.54, 1.807) is 23.7 Å². The highest BCUT2D eigenvalue weighted by Crippen LogP contribution is 2.25. The Morgan fingerprint density at radius 1 is 1.06 bits per heavy atom. The fraction of sp³-hybridized carbons (Fsp3) is 0.364. The van der Waals surface area contributed by atoms with E-state index in [9.17, 15) is 9.18 Å². The molecule has 0 saturated carbocycles. The maximum Gasteiger partial charge on any atom is 0.355 e. The number of aromatic nitrogens is 5. The molecule has 0 aliphatic carbocycles. The van der Waals surface area contributed by atoms with Crippen LogP contribution in [-0.4, -0.2) is 48.9 Å². The lowest BCUT2D eigenvalue weighted by atomic mass is 9.94. The highest BCUT2D eigenvalue weighted by molar-refractivity contribution is 5.85. The molecule has 2 unspecified atom stereocenters. The zero-order chi connectivity index (χ0) is 21.1. The third-order valence-corrected chi connectivity index (χ3v) is 6.25. The van der Waals surface area contributed by atoms with Crippen molar-refractivity contribution >= 4 is 29.4 Å². The van der Waals surface area contributed by atoms with E-state index in [0.717, 1.165) is 18.8 Å². The first-order chi connectivity index (χ1) is 15.0. The first kappa shape index (κ1) is 20.8. The Hall–Kier alpha value is -3.04. The van der Waals surface area contributed by atoms with Crippen molar-refractivity contribution in [3.05, 3.63) is 58.8 Å². The lowest BCUT2D eigenvalue weighted by molar-refractivity contribution is 0.283. The lowest BCUT2D eigenvalue weighted by Gasteiger charge is -2.43. The van der Waals surface area contributed by atoms with Gasteiger partial charge in [0, 0.05) is 49.3 Å². The van der Waals surface area contributed by atoms with Crippen LogP contribution in [0, 0.1) is 12.7 Å². The van der Waals surface area contributed by atoms with Gasteiger partial charge in [0.25, 0.3) is 0 Å². The molecule has 2 aliphatic heterocycles. The Labute approximate surface area is 189 Å². The van der Waals surface area contributed by atoms with Crippen molar-refractivity contribution in [2.45, 2.75) is 38.3 Å². The standard InChI is InChI=1S/C22H22FN7O.ClH/c1-13-8-29-9-14(7-18(23)21(29)24-13)20-26-19-6-5-17(12-30(19)22(31)27-20)28-10-15-3-2-4-16(11-28)25-15;/h5-9,12,15-16,25H,2-4,10-11H2,1H3;1H. The smallest absolute Gasteiger partial charge is 0.355 e. The maximum absolute atomic E-state index is 14.5. The fourth-order valence-corrected chi connectivity index (χ4v) is 4.84. The topological polar surface area (TPSA) is 79.8 Å². The van der Waals surface area contributed by atoms with Crippen LogP contribution in [0.15, 0.2) is 41.6 Å². The minimum atomic E-state index is -0.478. The molecule has 4 aromatic heterocycles. The molecule has 6 rings (SSSR count). The van der Waals surface area contributed by atoms with Gasteiger partial charge in [-0.1, -0.05) is 6.42 Å². The second-order valence-electron chi connectivity index (χ2n) is 8.53. The zero-order valence-electron chi connectivity index (χ0n) is 17.5. The number of nitrogens with one attached hydrogen (secondary N) is 1. The number of hydrogen-bond donors (Lipinski definition) is 1. The van der Waals surface area contributed by atoms with Crippen LogP contribution in [0.1, 0.15) is 25.0 Å². The molecule has 0 spiro atoms. The number of fused-ring (bicyclic) bond motifs is 4. The van der Waals surface area contributed by atoms with E-state index in [4.69, 9.17) is 0 Å². The van der Waals surface area contributed by atoms with Crippen molar-refractivity contribution in [3.8, 4) is 11.4 Å². The third kappa shape index (κ3) is 3.51. The molecule has 2 aliphatic rings. The minimum Gasteiger partial charge on any atom is -0.367 e. The average molecular weight is 456 g/mol. The molecule has 4 aromatic rings. The summed E-state index contributed by atoms with van der Waals surface area (Å²) in [7, 11) is 0. The van der Waals surface area contributed by atoms with E-state index < -0.39 is 11.5 Å². The Morgan fingerprint density at radius 3 is 2.62 bits per heavy atom. The van der Waals surface area contributed by atoms with Gasteiger partial charge in [0.2, 0.25) is 0 Å². The Bertz CT molecular complexity index is 1370. The number of rotatable bonds is 2. The van der Waals surface area contributed by atoms with E-state index in [1.165, 1.54) is 29.7 Å². The van der Waals surface area contributed by atoms with Gasteiger partial charge < -0.3 is 14.6 Å². The highest BCUT2D eigenvalue weighted by atomic mass is 35.5. The molecule has 8 nitrogen and oxygen atoms in total. The second-order valence-corrected chi connectivity index (χ2v) is 8.53. The highest BCUT2D eigenvalue weighted by Gasteiger charge is 2.30. The predicted octanol–water partition coefficient (Wildman–Crippen LogP) is 2.60. The van der Waals surface area contributed by atoms with Crippen molar-refractivity contribution in [2.75, 3.05) is 18.0 Å². The van der Waals surface area contributed by atoms with Gasteiger partial charge in [0.15, 0.2) is 17.3 Å². The van der Waals surface area contributed by atoms with Gasteiger partial charge in [0.1, 0.15) is 5.65 Å². The lowest BCUT2D eigenvalue weighted by Crippen LogP contribution is -2.58. The van der Waals surface area contributed by atoms with E-state index in [-0.39, 0.29) is 23.9 Å². The normalized spacial score (nSPS) is 20.5. The fourth-order valence-electron chi connectivity index (χ4n) is 4.84. The molecular weight excluding hydrogens is 433 g/mol. The average Bonchev–Trinajstić information content (AvgIpc) is 3.14. The van der Waals surface area contributed by atoms with Crippen LogP contribution in [0.2, 0.25) is 0 Å². The van der Waals surface area contributed by atoms with Gasteiger partial charge in [-0.2, -0.15) is 4.98 Å². The summed E-state index contributed by atoms with van der Waals surface area (Å²) in [6, 6.07) is 6.14. The molecule has 32 heavy (non-hydrogen) atoms. The quantitative estimate of drug-likeness (QED) is 0.500. The van der Waals surface area contributed by atoms with Crippen LogP contribution in [0.5, 0.6) is 0 Å². The van der Waals surface area contributed by atoms with Gasteiger partial charge in [-0.3, -0.25) is 0 Å². The molecule has 2 bridgehead atoms. The number of halogens is 2. The summed E-state index contributed by atoms with van der Waals surface area (Å²) >= 11 is 0. The number of nitrogens with zero attached hydrogens (tertiary/aromatic N) is 6. The van der Waals surface area contributed by atoms with E-state index in [2.05, 4.69) is 25.2 Å². The van der Waals surface area contributed by atoms with Gasteiger partial charge >= 0.3 is 5.69 Å². The summed E-state index contributed by atoms with van der Waals surface area (Å²) in [4.78, 5) is 28.0. The molecule has 2 fully saturated rings. The van der Waals surface area contributed by atoms with Crippen LogP contribution in [0.25, 0.3) is 22.7 Å². The summed E-state index contributed by atoms with van der Waals surface area (Å²) < 4.78 is 17.5. The van der Waals surface area contributed by atoms with Crippen LogP contribution in [-0.2, 0) is 0 Å². The van der Waals surface area contributed by atoms with Gasteiger partial charge in [0.05, 0.1) is 11.4 Å². The maximum atomic E-state index is 14.5. The Morgan fingerprint density at radius 2 is 1.84 bits per heavy atom. The summed E-state index contributed by atoms with van der Waals surface area (Å²) in [6.07, 6.45) is 8.87. The van der Waals surface area contributed by atoms with Crippen LogP contribution < -0.4 is 15.9 Å². The number of piperazine rings is 1. The van der Waals surface area contributed by atoms with Gasteiger partial charge in [-0.25, -0.2) is 23.6 Å². The number of piperidine rings is 1. The van der Waals surface area contributed by atoms with E-state index in [1.807, 2.05) is 18.3 Å². The molecule has 10 heteroatoms. The van der Waals surface area contributed by atoms with Crippen molar-refractivity contribution in [1.29, 1.82) is 0 Å². The Kier molecular flexibility index (Phi) is 5.10. The number of aryl methyl sites for hydroxylation is 1. The largest absolute Gasteiger partial charge is 0.367 e. The van der Waals surface area contributed by atoms with Crippen LogP contribution >= 0.6 is 12.4 Å². The first-order valence-electron chi connectivity index (χ1n) is 10.6. The Balaban J connectivity index is 0.00000216. The van der Waals surface area contributed by atoms with Gasteiger partial charge in [-0.05, 0) is 38.0 Å². The number of imidazole rings is 1. The number of anilines is 1. The minimum absolute atomic E-state index is 0. The van der Waals surface area contributed by atoms with Crippen LogP contribution in [0.3, 0.4) is 0 Å². The number of pyridine rings is 2. The third-order valence-electron chi connectivity index (χ3n) is 6.25. The summed E-state index contributed by atoms with van der Waals surface area (Å²) in [5.41, 5.74) is 2.42. The molecule has 0 amide bonds. The molecule has 2 atom stereocenters. The van der Waals surface area contributed by atoms with E-state index in [0.29, 0.717) is 29.0 Å². The molecule has 1 N–H and O–H groups in total. The van der Waals surface area contributed by atoms with Crippen LogP contribution in [0.4, 0.5) is 10.1 Å². The van der Waals surface area contributed by atoms with Crippen molar-refractivity contribution in [2.24, 2.45) is 0 Å².